The second kappa shape index (κ2) is 9.74. The number of nitrogens with zero attached hydrogens (tertiary/aromatic N) is 1. The fraction of sp³-hybridized carbons (Fsp3) is 0.238. The van der Waals surface area contributed by atoms with Gasteiger partial charge < -0.3 is 10.2 Å². The van der Waals surface area contributed by atoms with Gasteiger partial charge in [-0.3, -0.25) is 4.79 Å². The summed E-state index contributed by atoms with van der Waals surface area (Å²) in [5.41, 5.74) is 3.37. The first-order valence-corrected chi connectivity index (χ1v) is 8.79. The van der Waals surface area contributed by atoms with Crippen molar-refractivity contribution in [1.82, 2.24) is 10.2 Å². The lowest BCUT2D eigenvalue weighted by Gasteiger charge is -2.20. The van der Waals surface area contributed by atoms with Gasteiger partial charge >= 0.3 is 0 Å². The third kappa shape index (κ3) is 6.16. The molecule has 3 nitrogen and oxygen atoms in total. The molecule has 2 aromatic carbocycles. The number of amides is 1. The number of hydrogen-bond acceptors (Lipinski definition) is 2. The summed E-state index contributed by atoms with van der Waals surface area (Å²) in [6, 6.07) is 20.3. The van der Waals surface area contributed by atoms with Gasteiger partial charge in [0.1, 0.15) is 0 Å². The van der Waals surface area contributed by atoms with Gasteiger partial charge in [0.25, 0.3) is 0 Å². The van der Waals surface area contributed by atoms with Crippen LogP contribution in [0.1, 0.15) is 24.5 Å². The molecule has 0 aromatic heterocycles. The summed E-state index contributed by atoms with van der Waals surface area (Å²) >= 11 is 5.16. The zero-order valence-corrected chi connectivity index (χ0v) is 15.6. The highest BCUT2D eigenvalue weighted by atomic mass is 32.1. The van der Waals surface area contributed by atoms with E-state index in [1.54, 1.807) is 11.9 Å². The molecule has 0 aliphatic carbocycles. The van der Waals surface area contributed by atoms with Crippen molar-refractivity contribution in [3.05, 3.63) is 78.0 Å². The van der Waals surface area contributed by atoms with E-state index in [9.17, 15) is 4.79 Å². The summed E-state index contributed by atoms with van der Waals surface area (Å²) in [4.78, 5) is 15.0. The zero-order valence-electron chi connectivity index (χ0n) is 14.7. The Labute approximate surface area is 155 Å². The largest absolute Gasteiger partial charge is 0.382 e. The number of benzene rings is 2. The molecule has 0 fully saturated rings. The van der Waals surface area contributed by atoms with Gasteiger partial charge in [-0.05, 0) is 30.0 Å². The molecule has 0 radical (unpaired) electrons. The highest BCUT2D eigenvalue weighted by Gasteiger charge is 2.14. The predicted molar refractivity (Wildman–Crippen MR) is 108 cm³/mol. The van der Waals surface area contributed by atoms with Crippen molar-refractivity contribution in [1.29, 1.82) is 0 Å². The lowest BCUT2D eigenvalue weighted by Crippen LogP contribution is -2.32. The molecule has 2 rings (SSSR count). The molecule has 0 atom stereocenters. The van der Waals surface area contributed by atoms with E-state index in [4.69, 9.17) is 12.2 Å². The first-order chi connectivity index (χ1) is 12.1. The Morgan fingerprint density at radius 3 is 2.28 bits per heavy atom. The van der Waals surface area contributed by atoms with Gasteiger partial charge in [-0.15, -0.1) is 0 Å². The molecule has 0 heterocycles. The van der Waals surface area contributed by atoms with E-state index in [1.807, 2.05) is 61.7 Å². The monoisotopic (exact) mass is 352 g/mol. The molecule has 0 spiro atoms. The molecule has 4 heteroatoms. The normalized spacial score (nSPS) is 11.0. The van der Waals surface area contributed by atoms with E-state index < -0.39 is 0 Å². The van der Waals surface area contributed by atoms with Crippen molar-refractivity contribution in [2.45, 2.75) is 19.8 Å². The van der Waals surface area contributed by atoms with E-state index in [-0.39, 0.29) is 12.3 Å². The Morgan fingerprint density at radius 2 is 1.68 bits per heavy atom. The maximum absolute atomic E-state index is 12.7. The Balaban J connectivity index is 2.16. The number of carbonyl (C=O) groups excluding carboxylic acids is 1. The third-order valence-electron chi connectivity index (χ3n) is 3.97. The minimum atomic E-state index is 0.00515. The van der Waals surface area contributed by atoms with Crippen LogP contribution < -0.4 is 5.32 Å². The molecule has 25 heavy (non-hydrogen) atoms. The average molecular weight is 353 g/mol. The van der Waals surface area contributed by atoms with Gasteiger partial charge in [0.15, 0.2) is 0 Å². The number of carbonyl (C=O) groups is 1. The summed E-state index contributed by atoms with van der Waals surface area (Å²) in [7, 11) is 1.75. The van der Waals surface area contributed by atoms with Crippen LogP contribution in [0.4, 0.5) is 0 Å². The lowest BCUT2D eigenvalue weighted by molar-refractivity contribution is -0.127. The minimum absolute atomic E-state index is 0.00515. The Hall–Kier alpha value is -2.46. The fourth-order valence-corrected chi connectivity index (χ4v) is 2.62. The molecule has 1 N–H and O–H groups in total. The van der Waals surface area contributed by atoms with Gasteiger partial charge in [-0.25, -0.2) is 0 Å². The van der Waals surface area contributed by atoms with Crippen LogP contribution in [0.2, 0.25) is 0 Å². The number of nitrogens with one attached hydrogen (secondary N) is 1. The summed E-state index contributed by atoms with van der Waals surface area (Å²) in [5, 5.41) is 2.87. The zero-order chi connectivity index (χ0) is 18.1. The van der Waals surface area contributed by atoms with Crippen LogP contribution in [0.25, 0.3) is 5.57 Å². The van der Waals surface area contributed by atoms with E-state index in [2.05, 4.69) is 17.4 Å². The molecule has 130 valence electrons. The van der Waals surface area contributed by atoms with Crippen molar-refractivity contribution in [2.75, 3.05) is 13.6 Å². The van der Waals surface area contributed by atoms with Gasteiger partial charge in [-0.1, -0.05) is 72.9 Å². The lowest BCUT2D eigenvalue weighted by atomic mass is 10.1. The average Bonchev–Trinajstić information content (AvgIpc) is 2.66. The summed E-state index contributed by atoms with van der Waals surface area (Å²) in [6.45, 7) is 2.65. The van der Waals surface area contributed by atoms with Crippen LogP contribution in [0.5, 0.6) is 0 Å². The molecule has 1 amide bonds. The minimum Gasteiger partial charge on any atom is -0.382 e. The molecule has 0 saturated carbocycles. The van der Waals surface area contributed by atoms with Gasteiger partial charge in [-0.2, -0.15) is 0 Å². The highest BCUT2D eigenvalue weighted by molar-refractivity contribution is 7.80. The Morgan fingerprint density at radius 1 is 1.08 bits per heavy atom. The maximum atomic E-state index is 12.7. The molecule has 0 aliphatic heterocycles. The number of rotatable bonds is 7. The van der Waals surface area contributed by atoms with E-state index >= 15 is 0 Å². The molecular weight excluding hydrogens is 328 g/mol. The van der Waals surface area contributed by atoms with E-state index in [0.29, 0.717) is 11.5 Å². The van der Waals surface area contributed by atoms with Gasteiger partial charge in [0.2, 0.25) is 5.91 Å². The smallest absolute Gasteiger partial charge is 0.233 e. The quantitative estimate of drug-likeness (QED) is 0.763. The van der Waals surface area contributed by atoms with Crippen LogP contribution in [0.15, 0.2) is 66.9 Å². The van der Waals surface area contributed by atoms with Crippen LogP contribution in [0, 0.1) is 0 Å². The topological polar surface area (TPSA) is 32.3 Å². The molecule has 2 aromatic rings. The van der Waals surface area contributed by atoms with Crippen molar-refractivity contribution in [3.8, 4) is 0 Å². The van der Waals surface area contributed by atoms with Gasteiger partial charge in [0.05, 0.1) is 11.4 Å². The number of thiocarbonyl (C=S) groups is 1. The third-order valence-corrected chi connectivity index (χ3v) is 4.32. The first-order valence-electron chi connectivity index (χ1n) is 8.38. The Kier molecular flexibility index (Phi) is 7.36. The van der Waals surface area contributed by atoms with Crippen LogP contribution in [-0.4, -0.2) is 29.4 Å². The molecule has 0 saturated heterocycles. The molecule has 0 aliphatic rings. The van der Waals surface area contributed by atoms with Crippen molar-refractivity contribution in [3.63, 3.8) is 0 Å². The SMILES string of the molecule is CNC(=S)CC(=O)N(/C=C(\C)c1ccccc1)CCc1ccccc1. The molecule has 0 unspecified atom stereocenters. The molecule has 0 bridgehead atoms. The predicted octanol–water partition coefficient (Wildman–Crippen LogP) is 4.06. The van der Waals surface area contributed by atoms with E-state index in [1.165, 1.54) is 5.56 Å². The van der Waals surface area contributed by atoms with Crippen molar-refractivity contribution < 1.29 is 4.79 Å². The second-order valence-electron chi connectivity index (χ2n) is 5.85. The summed E-state index contributed by atoms with van der Waals surface area (Å²) in [5.74, 6) is 0.00515. The van der Waals surface area contributed by atoms with Crippen LogP contribution in [-0.2, 0) is 11.2 Å². The highest BCUT2D eigenvalue weighted by Crippen LogP contribution is 2.15. The van der Waals surface area contributed by atoms with Gasteiger partial charge in [0, 0.05) is 19.8 Å². The maximum Gasteiger partial charge on any atom is 0.233 e. The van der Waals surface area contributed by atoms with E-state index in [0.717, 1.165) is 17.6 Å². The standard InChI is InChI=1S/C21H24N2OS/c1-17(19-11-7-4-8-12-19)16-23(21(24)15-20(25)22-2)14-13-18-9-5-3-6-10-18/h3-12,16H,13-15H2,1-2H3,(H,22,25)/b17-16+. The number of hydrogen-bond donors (Lipinski definition) is 1. The van der Waals surface area contributed by atoms with Crippen molar-refractivity contribution >= 4 is 28.7 Å². The first kappa shape index (κ1) is 18.9. The second-order valence-corrected chi connectivity index (χ2v) is 6.34. The van der Waals surface area contributed by atoms with Crippen LogP contribution in [0.3, 0.4) is 0 Å². The summed E-state index contributed by atoms with van der Waals surface area (Å²) < 4.78 is 0. The van der Waals surface area contributed by atoms with Crippen molar-refractivity contribution in [2.24, 2.45) is 0 Å². The fourth-order valence-electron chi connectivity index (χ4n) is 2.49. The number of allylic oxidation sites excluding steroid dienone is 1. The van der Waals surface area contributed by atoms with Crippen LogP contribution >= 0.6 is 12.2 Å². The Bertz CT molecular complexity index is 726. The molecular formula is C21H24N2OS. The summed E-state index contributed by atoms with van der Waals surface area (Å²) in [6.07, 6.45) is 2.95.